The molecule has 0 radical (unpaired) electrons. The minimum absolute atomic E-state index is 0.0814. The van der Waals surface area contributed by atoms with Crippen LogP contribution >= 0.6 is 0 Å². The first-order valence-electron chi connectivity index (χ1n) is 7.72. The van der Waals surface area contributed by atoms with Gasteiger partial charge in [-0.05, 0) is 31.2 Å². The van der Waals surface area contributed by atoms with E-state index in [1.165, 1.54) is 13.3 Å². The minimum atomic E-state index is -3.77. The highest BCUT2D eigenvalue weighted by molar-refractivity contribution is 7.95. The Bertz CT molecular complexity index is 869. The Balaban J connectivity index is 2.56. The van der Waals surface area contributed by atoms with Crippen molar-refractivity contribution in [3.63, 3.8) is 0 Å². The third kappa shape index (κ3) is 4.70. The number of ether oxygens (including phenoxy) is 1. The number of aryl methyl sites for hydroxylation is 1. The second kappa shape index (κ2) is 7.98. The van der Waals surface area contributed by atoms with Gasteiger partial charge in [-0.25, -0.2) is 8.42 Å². The number of hydrogen-bond donors (Lipinski definition) is 0. The maximum atomic E-state index is 13.0. The normalized spacial score (nSPS) is 12.8. The van der Waals surface area contributed by atoms with Crippen LogP contribution in [0.4, 0.5) is 0 Å². The van der Waals surface area contributed by atoms with Crippen LogP contribution in [0.1, 0.15) is 11.1 Å². The SMILES string of the molecule is CO/C(=N/C(=C/N(C)C)S(=O)(=O)c1ccc(C)cc1)c1ccccc1. The van der Waals surface area contributed by atoms with Crippen LogP contribution < -0.4 is 0 Å². The maximum absolute atomic E-state index is 13.0. The molecule has 2 rings (SSSR count). The van der Waals surface area contributed by atoms with Crippen molar-refractivity contribution in [3.8, 4) is 0 Å². The molecule has 2 aromatic carbocycles. The van der Waals surface area contributed by atoms with Gasteiger partial charge in [0.25, 0.3) is 0 Å². The van der Waals surface area contributed by atoms with E-state index in [1.807, 2.05) is 37.3 Å². The first-order chi connectivity index (χ1) is 11.8. The van der Waals surface area contributed by atoms with Gasteiger partial charge >= 0.3 is 0 Å². The average Bonchev–Trinajstić information content (AvgIpc) is 2.59. The van der Waals surface area contributed by atoms with Gasteiger partial charge in [-0.1, -0.05) is 35.9 Å². The molecule has 25 heavy (non-hydrogen) atoms. The molecule has 0 amide bonds. The lowest BCUT2D eigenvalue weighted by molar-refractivity contribution is 0.404. The van der Waals surface area contributed by atoms with Crippen molar-refractivity contribution >= 4 is 15.7 Å². The van der Waals surface area contributed by atoms with E-state index >= 15 is 0 Å². The van der Waals surface area contributed by atoms with E-state index in [1.54, 1.807) is 43.3 Å². The smallest absolute Gasteiger partial charge is 0.225 e. The third-order valence-electron chi connectivity index (χ3n) is 3.40. The van der Waals surface area contributed by atoms with Crippen molar-refractivity contribution in [2.24, 2.45) is 4.99 Å². The number of aliphatic imine (C=N–C) groups is 1. The van der Waals surface area contributed by atoms with Gasteiger partial charge in [0.15, 0.2) is 5.03 Å². The monoisotopic (exact) mass is 358 g/mol. The lowest BCUT2D eigenvalue weighted by Gasteiger charge is -2.12. The lowest BCUT2D eigenvalue weighted by atomic mass is 10.2. The number of rotatable bonds is 5. The molecule has 0 aliphatic heterocycles. The molecule has 0 spiro atoms. The molecule has 5 nitrogen and oxygen atoms in total. The van der Waals surface area contributed by atoms with E-state index in [0.717, 1.165) is 5.56 Å². The zero-order valence-corrected chi connectivity index (χ0v) is 15.6. The summed E-state index contributed by atoms with van der Waals surface area (Å²) in [6, 6.07) is 15.9. The summed E-state index contributed by atoms with van der Waals surface area (Å²) < 4.78 is 31.3. The molecule has 0 atom stereocenters. The Labute approximate surface area is 149 Å². The van der Waals surface area contributed by atoms with Crippen molar-refractivity contribution < 1.29 is 13.2 Å². The fraction of sp³-hybridized carbons (Fsp3) is 0.211. The molecule has 0 unspecified atom stereocenters. The van der Waals surface area contributed by atoms with E-state index in [2.05, 4.69) is 4.99 Å². The molecule has 132 valence electrons. The zero-order valence-electron chi connectivity index (χ0n) is 14.8. The Morgan fingerprint density at radius 2 is 1.64 bits per heavy atom. The second-order valence-electron chi connectivity index (χ2n) is 5.73. The van der Waals surface area contributed by atoms with Crippen LogP contribution in [0, 0.1) is 6.92 Å². The van der Waals surface area contributed by atoms with Gasteiger partial charge < -0.3 is 9.64 Å². The molecule has 0 N–H and O–H groups in total. The first kappa shape index (κ1) is 18.7. The summed E-state index contributed by atoms with van der Waals surface area (Å²) in [5.41, 5.74) is 1.69. The third-order valence-corrected chi connectivity index (χ3v) is 5.04. The molecule has 0 fully saturated rings. The molecule has 0 aliphatic rings. The predicted molar refractivity (Wildman–Crippen MR) is 100 cm³/mol. The maximum Gasteiger partial charge on any atom is 0.225 e. The lowest BCUT2D eigenvalue weighted by Crippen LogP contribution is -2.13. The van der Waals surface area contributed by atoms with Gasteiger partial charge in [0.05, 0.1) is 12.0 Å². The second-order valence-corrected chi connectivity index (χ2v) is 7.63. The van der Waals surface area contributed by atoms with E-state index < -0.39 is 9.84 Å². The quantitative estimate of drug-likeness (QED) is 0.608. The largest absolute Gasteiger partial charge is 0.481 e. The summed E-state index contributed by atoms with van der Waals surface area (Å²) in [4.78, 5) is 6.14. The summed E-state index contributed by atoms with van der Waals surface area (Å²) in [6.45, 7) is 1.91. The van der Waals surface area contributed by atoms with Crippen molar-refractivity contribution in [1.82, 2.24) is 4.90 Å². The van der Waals surface area contributed by atoms with Crippen LogP contribution in [0.5, 0.6) is 0 Å². The minimum Gasteiger partial charge on any atom is -0.481 e. The van der Waals surface area contributed by atoms with Crippen molar-refractivity contribution in [2.45, 2.75) is 11.8 Å². The highest BCUT2D eigenvalue weighted by Gasteiger charge is 2.22. The van der Waals surface area contributed by atoms with Gasteiger partial charge in [0.1, 0.15) is 0 Å². The molecule has 0 saturated heterocycles. The summed E-state index contributed by atoms with van der Waals surface area (Å²) in [7, 11) is 1.19. The van der Waals surface area contributed by atoms with Crippen LogP contribution in [0.3, 0.4) is 0 Å². The fourth-order valence-electron chi connectivity index (χ4n) is 2.13. The topological polar surface area (TPSA) is 59.0 Å². The Morgan fingerprint density at radius 3 is 2.16 bits per heavy atom. The Hall–Kier alpha value is -2.60. The fourth-order valence-corrected chi connectivity index (χ4v) is 3.41. The van der Waals surface area contributed by atoms with E-state index in [-0.39, 0.29) is 15.8 Å². The van der Waals surface area contributed by atoms with E-state index in [4.69, 9.17) is 4.74 Å². The number of benzene rings is 2. The summed E-state index contributed by atoms with van der Waals surface area (Å²) in [5.74, 6) is 0.240. The van der Waals surface area contributed by atoms with E-state index in [9.17, 15) is 8.42 Å². The van der Waals surface area contributed by atoms with Crippen molar-refractivity contribution in [3.05, 3.63) is 77.0 Å². The molecule has 0 saturated carbocycles. The van der Waals surface area contributed by atoms with Crippen molar-refractivity contribution in [2.75, 3.05) is 21.2 Å². The highest BCUT2D eigenvalue weighted by atomic mass is 32.2. The molecular weight excluding hydrogens is 336 g/mol. The van der Waals surface area contributed by atoms with Crippen LogP contribution in [0.25, 0.3) is 0 Å². The molecule has 0 aromatic heterocycles. The molecule has 2 aromatic rings. The number of sulfone groups is 1. The van der Waals surface area contributed by atoms with Gasteiger partial charge in [-0.3, -0.25) is 0 Å². The summed E-state index contributed by atoms with van der Waals surface area (Å²) in [6.07, 6.45) is 1.47. The summed E-state index contributed by atoms with van der Waals surface area (Å²) in [5, 5.41) is -0.0814. The molecule has 0 aliphatic carbocycles. The van der Waals surface area contributed by atoms with Gasteiger partial charge in [-0.2, -0.15) is 4.99 Å². The van der Waals surface area contributed by atoms with Gasteiger partial charge in [0, 0.05) is 25.9 Å². The zero-order chi connectivity index (χ0) is 18.4. The standard InChI is InChI=1S/C19H22N2O3S/c1-15-10-12-17(13-11-15)25(22,23)18(14-21(2)3)20-19(24-4)16-8-6-5-7-9-16/h5-14H,1-4H3/b18-14-,20-19+. The Morgan fingerprint density at radius 1 is 1.04 bits per heavy atom. The van der Waals surface area contributed by atoms with Crippen LogP contribution in [0.15, 0.2) is 75.7 Å². The van der Waals surface area contributed by atoms with Crippen LogP contribution in [-0.2, 0) is 14.6 Å². The Kier molecular flexibility index (Phi) is 5.98. The van der Waals surface area contributed by atoms with Crippen LogP contribution in [0.2, 0.25) is 0 Å². The van der Waals surface area contributed by atoms with Gasteiger partial charge in [0.2, 0.25) is 15.7 Å². The number of hydrogen-bond acceptors (Lipinski definition) is 5. The average molecular weight is 358 g/mol. The number of nitrogens with zero attached hydrogens (tertiary/aromatic N) is 2. The van der Waals surface area contributed by atoms with Gasteiger partial charge in [-0.15, -0.1) is 0 Å². The highest BCUT2D eigenvalue weighted by Crippen LogP contribution is 2.22. The molecular formula is C19H22N2O3S. The van der Waals surface area contributed by atoms with Crippen LogP contribution in [-0.4, -0.2) is 40.4 Å². The molecule has 0 heterocycles. The first-order valence-corrected chi connectivity index (χ1v) is 9.21. The molecule has 6 heteroatoms. The van der Waals surface area contributed by atoms with Crippen molar-refractivity contribution in [1.29, 1.82) is 0 Å². The number of methoxy groups -OCH3 is 1. The molecule has 0 bridgehead atoms. The predicted octanol–water partition coefficient (Wildman–Crippen LogP) is 3.22. The van der Waals surface area contributed by atoms with E-state index in [0.29, 0.717) is 5.56 Å². The summed E-state index contributed by atoms with van der Waals surface area (Å²) >= 11 is 0.